The summed E-state index contributed by atoms with van der Waals surface area (Å²) in [6.45, 7) is 0.369. The predicted molar refractivity (Wildman–Crippen MR) is 200 cm³/mol. The number of rotatable bonds is 2. The first-order valence-corrected chi connectivity index (χ1v) is 16.7. The molecule has 47 heavy (non-hydrogen) atoms. The van der Waals surface area contributed by atoms with Gasteiger partial charge in [-0.3, -0.25) is 0 Å². The zero-order valence-electron chi connectivity index (χ0n) is 25.7. The highest BCUT2D eigenvalue weighted by Gasteiger charge is 2.54. The van der Waals surface area contributed by atoms with Crippen LogP contribution in [0.25, 0.3) is 0 Å². The fourth-order valence-corrected chi connectivity index (χ4v) is 9.35. The minimum atomic E-state index is 0.136. The molecule has 1 aliphatic carbocycles. The van der Waals surface area contributed by atoms with Crippen LogP contribution >= 0.6 is 0 Å². The van der Waals surface area contributed by atoms with Crippen LogP contribution in [-0.2, 0) is 0 Å². The molecule has 2 unspecified atom stereocenters. The van der Waals surface area contributed by atoms with Crippen molar-refractivity contribution >= 4 is 86.2 Å². The Morgan fingerprint density at radius 3 is 1.64 bits per heavy atom. The van der Waals surface area contributed by atoms with E-state index in [-0.39, 0.29) is 19.5 Å². The molecule has 6 aromatic carbocycles. The number of allylic oxidation sites excluding steroid dienone is 2. The van der Waals surface area contributed by atoms with Gasteiger partial charge in [0.25, 0.3) is 6.71 Å². The molecule has 0 amide bonds. The van der Waals surface area contributed by atoms with E-state index in [1.165, 1.54) is 72.8 Å². The molecule has 0 radical (unpaired) electrons. The van der Waals surface area contributed by atoms with Crippen molar-refractivity contribution < 1.29 is 0 Å². The highest BCUT2D eigenvalue weighted by atomic mass is 15.2. The second-order valence-corrected chi connectivity index (χ2v) is 13.2. The molecule has 0 fully saturated rings. The van der Waals surface area contributed by atoms with Crippen molar-refractivity contribution in [3.05, 3.63) is 164 Å². The Morgan fingerprint density at radius 1 is 0.447 bits per heavy atom. The number of para-hydroxylation sites is 5. The molecule has 3 nitrogen and oxygen atoms in total. The summed E-state index contributed by atoms with van der Waals surface area (Å²) in [5.41, 5.74) is 17.2. The highest BCUT2D eigenvalue weighted by molar-refractivity contribution is 7.02. The van der Waals surface area contributed by atoms with Crippen LogP contribution in [0.15, 0.2) is 164 Å². The molecule has 11 rings (SSSR count). The van der Waals surface area contributed by atoms with Gasteiger partial charge in [-0.25, -0.2) is 0 Å². The Bertz CT molecular complexity index is 2310. The zero-order chi connectivity index (χ0) is 30.6. The van der Waals surface area contributed by atoms with Crippen molar-refractivity contribution in [3.63, 3.8) is 0 Å². The van der Waals surface area contributed by atoms with Gasteiger partial charge in [0.2, 0.25) is 6.71 Å². The summed E-state index contributed by atoms with van der Waals surface area (Å²) in [5.74, 6) is 0.300. The summed E-state index contributed by atoms with van der Waals surface area (Å²) < 4.78 is 0. The second kappa shape index (κ2) is 9.43. The van der Waals surface area contributed by atoms with Crippen molar-refractivity contribution in [1.29, 1.82) is 0 Å². The van der Waals surface area contributed by atoms with Crippen LogP contribution in [-0.4, -0.2) is 19.5 Å². The average molecular weight is 597 g/mol. The van der Waals surface area contributed by atoms with Crippen LogP contribution in [0.5, 0.6) is 0 Å². The van der Waals surface area contributed by atoms with Crippen molar-refractivity contribution in [1.82, 2.24) is 0 Å². The molecular formula is C42H29B2N3. The standard InChI is InChI=1S/C42H29B2N3/c1-3-15-28(16-4-1)45-34-23-11-7-19-30(34)43-32-21-9-13-25-36(32)47-37-26-14-10-22-33(37)44-31-20-8-12-24-35(31)46(29-17-5-2-6-18-29)39-27-38(45)40(43)42(47)41(39)44/h1-27,32,36H. The van der Waals surface area contributed by atoms with E-state index in [4.69, 9.17) is 0 Å². The lowest BCUT2D eigenvalue weighted by Crippen LogP contribution is -2.70. The van der Waals surface area contributed by atoms with Crippen molar-refractivity contribution in [3.8, 4) is 0 Å². The van der Waals surface area contributed by atoms with E-state index in [2.05, 4.69) is 179 Å². The molecule has 218 valence electrons. The van der Waals surface area contributed by atoms with Gasteiger partial charge in [-0.2, -0.15) is 0 Å². The van der Waals surface area contributed by atoms with Crippen molar-refractivity contribution in [2.24, 2.45) is 0 Å². The molecule has 2 atom stereocenters. The summed E-state index contributed by atoms with van der Waals surface area (Å²) in [6, 6.07) is 52.0. The lowest BCUT2D eigenvalue weighted by atomic mass is 9.26. The third kappa shape index (κ3) is 3.28. The molecular weight excluding hydrogens is 568 g/mol. The van der Waals surface area contributed by atoms with E-state index in [1.807, 2.05) is 0 Å². The third-order valence-corrected chi connectivity index (χ3v) is 11.0. The minimum absolute atomic E-state index is 0.136. The predicted octanol–water partition coefficient (Wildman–Crippen LogP) is 6.71. The summed E-state index contributed by atoms with van der Waals surface area (Å²) in [6.07, 6.45) is 9.44. The monoisotopic (exact) mass is 597 g/mol. The van der Waals surface area contributed by atoms with Gasteiger partial charge in [-0.05, 0) is 81.7 Å². The number of hydrogen-bond acceptors (Lipinski definition) is 3. The van der Waals surface area contributed by atoms with Gasteiger partial charge in [0.05, 0.1) is 6.04 Å². The smallest absolute Gasteiger partial charge is 0.252 e. The second-order valence-electron chi connectivity index (χ2n) is 13.2. The van der Waals surface area contributed by atoms with Crippen LogP contribution in [0.4, 0.5) is 45.5 Å². The molecule has 0 bridgehead atoms. The molecule has 0 aromatic heterocycles. The first-order valence-electron chi connectivity index (χ1n) is 16.7. The van der Waals surface area contributed by atoms with E-state index in [0.29, 0.717) is 5.82 Å². The van der Waals surface area contributed by atoms with Gasteiger partial charge in [0.1, 0.15) is 0 Å². The lowest BCUT2D eigenvalue weighted by Gasteiger charge is -2.55. The lowest BCUT2D eigenvalue weighted by molar-refractivity contribution is 0.767. The van der Waals surface area contributed by atoms with E-state index >= 15 is 0 Å². The summed E-state index contributed by atoms with van der Waals surface area (Å²) in [5, 5.41) is 0. The van der Waals surface area contributed by atoms with Crippen LogP contribution in [0.2, 0.25) is 5.82 Å². The fraction of sp³-hybridized carbons (Fsp3) is 0.0476. The van der Waals surface area contributed by atoms with Gasteiger partial charge >= 0.3 is 0 Å². The molecule has 6 aromatic rings. The average Bonchev–Trinajstić information content (AvgIpc) is 3.14. The number of hydrogen-bond donors (Lipinski definition) is 0. The highest BCUT2D eigenvalue weighted by Crippen LogP contribution is 2.51. The third-order valence-electron chi connectivity index (χ3n) is 11.0. The van der Waals surface area contributed by atoms with Crippen molar-refractivity contribution in [2.75, 3.05) is 14.7 Å². The van der Waals surface area contributed by atoms with E-state index < -0.39 is 0 Å². The van der Waals surface area contributed by atoms with Crippen LogP contribution < -0.4 is 42.0 Å². The molecule has 4 aliphatic heterocycles. The Labute approximate surface area is 275 Å². The Morgan fingerprint density at radius 2 is 0.957 bits per heavy atom. The Hall–Kier alpha value is -5.67. The zero-order valence-corrected chi connectivity index (χ0v) is 25.7. The quantitative estimate of drug-likeness (QED) is 0.205. The Balaban J connectivity index is 1.33. The van der Waals surface area contributed by atoms with Gasteiger partial charge in [0, 0.05) is 45.5 Å². The first kappa shape index (κ1) is 25.5. The van der Waals surface area contributed by atoms with Crippen molar-refractivity contribution in [2.45, 2.75) is 11.9 Å². The largest absolute Gasteiger partial charge is 0.336 e. The maximum absolute atomic E-state index is 2.71. The van der Waals surface area contributed by atoms with E-state index in [1.54, 1.807) is 0 Å². The van der Waals surface area contributed by atoms with E-state index in [0.717, 1.165) is 0 Å². The van der Waals surface area contributed by atoms with Gasteiger partial charge in [-0.15, -0.1) is 0 Å². The maximum atomic E-state index is 2.71. The van der Waals surface area contributed by atoms with E-state index in [9.17, 15) is 0 Å². The van der Waals surface area contributed by atoms with Crippen LogP contribution in [0.1, 0.15) is 0 Å². The summed E-state index contributed by atoms with van der Waals surface area (Å²) in [4.78, 5) is 7.75. The summed E-state index contributed by atoms with van der Waals surface area (Å²) >= 11 is 0. The molecule has 5 aliphatic rings. The van der Waals surface area contributed by atoms with Gasteiger partial charge < -0.3 is 14.7 Å². The normalized spacial score (nSPS) is 18.7. The number of fused-ring (bicyclic) bond motifs is 10. The maximum Gasteiger partial charge on any atom is 0.252 e. The molecule has 0 saturated heterocycles. The number of nitrogens with zero attached hydrogens (tertiary/aromatic N) is 3. The molecule has 0 spiro atoms. The first-order chi connectivity index (χ1) is 23.4. The minimum Gasteiger partial charge on any atom is -0.336 e. The molecule has 0 saturated carbocycles. The van der Waals surface area contributed by atoms with Gasteiger partial charge in [0.15, 0.2) is 0 Å². The Kier molecular flexibility index (Phi) is 5.12. The molecule has 4 heterocycles. The number of anilines is 8. The summed E-state index contributed by atoms with van der Waals surface area (Å²) in [7, 11) is 0. The topological polar surface area (TPSA) is 9.72 Å². The fourth-order valence-electron chi connectivity index (χ4n) is 9.35. The van der Waals surface area contributed by atoms with Crippen LogP contribution in [0, 0.1) is 0 Å². The molecule has 0 N–H and O–H groups in total. The molecule has 5 heteroatoms. The number of benzene rings is 6. The van der Waals surface area contributed by atoms with Crippen LogP contribution in [0.3, 0.4) is 0 Å². The SMILES string of the molecule is C1=CC2B3c4ccccc4N(c4ccccc4)c4cc5c6c(c43)N(c3ccccc3B6c3ccccc3N5c3ccccc3)C2C=C1. The van der Waals surface area contributed by atoms with Gasteiger partial charge in [-0.1, -0.05) is 115 Å².